The second-order valence-corrected chi connectivity index (χ2v) is 6.97. The summed E-state index contributed by atoms with van der Waals surface area (Å²) in [4.78, 5) is 16.7. The Morgan fingerprint density at radius 3 is 2.81 bits per heavy atom. The molecule has 0 radical (unpaired) electrons. The van der Waals surface area contributed by atoms with Crippen molar-refractivity contribution in [1.82, 2.24) is 20.7 Å². The van der Waals surface area contributed by atoms with Gasteiger partial charge in [-0.25, -0.2) is 10.0 Å². The number of halogens is 3. The van der Waals surface area contributed by atoms with Crippen molar-refractivity contribution in [3.8, 4) is 11.5 Å². The minimum Gasteiger partial charge on any atom is -0.486 e. The van der Waals surface area contributed by atoms with Crippen LogP contribution in [-0.4, -0.2) is 68.3 Å². The molecule has 3 N–H and O–H groups in total. The van der Waals surface area contributed by atoms with Crippen molar-refractivity contribution in [2.75, 3.05) is 45.7 Å². The highest BCUT2D eigenvalue weighted by Crippen LogP contribution is 2.38. The molecule has 9 nitrogen and oxygen atoms in total. The lowest BCUT2D eigenvalue weighted by Crippen LogP contribution is -2.46. The largest absolute Gasteiger partial charge is 0.486 e. The van der Waals surface area contributed by atoms with Crippen LogP contribution >= 0.6 is 0 Å². The number of aliphatic imine (C=N–C) groups is 1. The van der Waals surface area contributed by atoms with Crippen molar-refractivity contribution in [3.63, 3.8) is 0 Å². The Labute approximate surface area is 176 Å². The van der Waals surface area contributed by atoms with Gasteiger partial charge in [0.15, 0.2) is 11.5 Å². The summed E-state index contributed by atoms with van der Waals surface area (Å²) in [5, 5.41) is 11.5. The first-order valence-corrected chi connectivity index (χ1v) is 9.47. The van der Waals surface area contributed by atoms with Crippen molar-refractivity contribution >= 4 is 17.4 Å². The molecule has 31 heavy (non-hydrogen) atoms. The highest BCUT2D eigenvalue weighted by Gasteiger charge is 2.38. The Hall–Kier alpha value is -3.41. The molecule has 0 aromatic heterocycles. The number of hydrazine groups is 1. The van der Waals surface area contributed by atoms with E-state index in [1.54, 1.807) is 48.4 Å². The molecular formula is C19H21F3N6O3. The van der Waals surface area contributed by atoms with Gasteiger partial charge in [-0.1, -0.05) is 6.07 Å². The first-order chi connectivity index (χ1) is 14.8. The number of carbonyl (C=O) groups is 1. The summed E-state index contributed by atoms with van der Waals surface area (Å²) in [5.41, 5.74) is 0.796. The summed E-state index contributed by atoms with van der Waals surface area (Å²) in [6.07, 6.45) is -2.78. The number of nitrogens with one attached hydrogen (secondary N) is 3. The molecular weight excluding hydrogens is 417 g/mol. The molecule has 0 atom stereocenters. The van der Waals surface area contributed by atoms with Gasteiger partial charge in [0.2, 0.25) is 0 Å². The first kappa shape index (κ1) is 20.8. The quantitative estimate of drug-likeness (QED) is 0.655. The molecule has 1 aromatic carbocycles. The average Bonchev–Trinajstić information content (AvgIpc) is 3.08. The van der Waals surface area contributed by atoms with Crippen LogP contribution in [0.1, 0.15) is 0 Å². The van der Waals surface area contributed by atoms with Crippen LogP contribution in [-0.2, 0) is 4.79 Å². The van der Waals surface area contributed by atoms with Gasteiger partial charge >= 0.3 is 6.18 Å². The van der Waals surface area contributed by atoms with Gasteiger partial charge in [-0.05, 0) is 12.1 Å². The molecule has 1 amide bonds. The molecule has 0 aliphatic carbocycles. The molecule has 0 spiro atoms. The van der Waals surface area contributed by atoms with E-state index in [0.717, 1.165) is 0 Å². The van der Waals surface area contributed by atoms with E-state index in [0.29, 0.717) is 47.9 Å². The first-order valence-electron chi connectivity index (χ1n) is 9.47. The van der Waals surface area contributed by atoms with Crippen LogP contribution in [0, 0.1) is 0 Å². The number of likely N-dealkylation sites (N-methyl/N-ethyl adjacent to an activating group) is 1. The Kier molecular flexibility index (Phi) is 5.39. The summed E-state index contributed by atoms with van der Waals surface area (Å²) in [6.45, 7) is -0.430. The number of para-hydroxylation sites is 1. The van der Waals surface area contributed by atoms with Gasteiger partial charge in [-0.15, -0.1) is 0 Å². The van der Waals surface area contributed by atoms with Crippen LogP contribution in [0.4, 0.5) is 18.9 Å². The fourth-order valence-electron chi connectivity index (χ4n) is 3.46. The second-order valence-electron chi connectivity index (χ2n) is 6.97. The summed E-state index contributed by atoms with van der Waals surface area (Å²) in [7, 11) is 3.30. The van der Waals surface area contributed by atoms with Crippen molar-refractivity contribution in [2.45, 2.75) is 6.18 Å². The maximum Gasteiger partial charge on any atom is 0.405 e. The number of carbonyl (C=O) groups excluding carboxylic acids is 1. The standard InChI is InChI=1S/C19H21F3N6O3/c1-23-15-8-14(25-12-4-3-5-13-16(12)31-7-6-30-13)26-17-11(9-27(2)28(15)17)18(29)24-10-19(20,21)22/h3-5,8,25-26H,6-7,9-10H2,1-2H3,(H,24,29). The summed E-state index contributed by atoms with van der Waals surface area (Å²) in [5.74, 6) is 1.65. The second kappa shape index (κ2) is 8.02. The Morgan fingerprint density at radius 1 is 1.29 bits per heavy atom. The molecule has 3 heterocycles. The lowest BCUT2D eigenvalue weighted by molar-refractivity contribution is -0.136. The predicted molar refractivity (Wildman–Crippen MR) is 106 cm³/mol. The van der Waals surface area contributed by atoms with Crippen LogP contribution in [0.5, 0.6) is 11.5 Å². The molecule has 0 saturated heterocycles. The molecule has 1 aromatic rings. The Balaban J connectivity index is 1.62. The molecule has 0 saturated carbocycles. The van der Waals surface area contributed by atoms with Gasteiger partial charge in [0, 0.05) is 20.2 Å². The van der Waals surface area contributed by atoms with Crippen LogP contribution in [0.25, 0.3) is 0 Å². The molecule has 12 heteroatoms. The van der Waals surface area contributed by atoms with Crippen molar-refractivity contribution in [2.24, 2.45) is 4.99 Å². The minimum absolute atomic E-state index is 0.115. The van der Waals surface area contributed by atoms with E-state index < -0.39 is 18.6 Å². The monoisotopic (exact) mass is 438 g/mol. The van der Waals surface area contributed by atoms with E-state index in [1.807, 2.05) is 5.32 Å². The van der Waals surface area contributed by atoms with Crippen LogP contribution < -0.4 is 25.4 Å². The molecule has 0 unspecified atom stereocenters. The zero-order chi connectivity index (χ0) is 22.2. The maximum absolute atomic E-state index is 12.5. The van der Waals surface area contributed by atoms with Crippen LogP contribution in [0.15, 0.2) is 46.5 Å². The molecule has 3 aliphatic heterocycles. The summed E-state index contributed by atoms with van der Waals surface area (Å²) < 4.78 is 48.9. The number of rotatable bonds is 4. The fraction of sp³-hybridized carbons (Fsp3) is 0.368. The number of benzene rings is 1. The molecule has 0 bridgehead atoms. The fourth-order valence-corrected chi connectivity index (χ4v) is 3.46. The van der Waals surface area contributed by atoms with Crippen molar-refractivity contribution in [3.05, 3.63) is 41.5 Å². The van der Waals surface area contributed by atoms with E-state index in [-0.39, 0.29) is 12.1 Å². The van der Waals surface area contributed by atoms with Crippen molar-refractivity contribution in [1.29, 1.82) is 0 Å². The lowest BCUT2D eigenvalue weighted by atomic mass is 10.2. The third kappa shape index (κ3) is 4.24. The van der Waals surface area contributed by atoms with E-state index in [1.165, 1.54) is 0 Å². The zero-order valence-electron chi connectivity index (χ0n) is 16.8. The maximum atomic E-state index is 12.5. The van der Waals surface area contributed by atoms with E-state index >= 15 is 0 Å². The average molecular weight is 438 g/mol. The molecule has 3 aliphatic rings. The number of alkyl halides is 3. The third-order valence-electron chi connectivity index (χ3n) is 4.76. The highest BCUT2D eigenvalue weighted by atomic mass is 19.4. The number of ether oxygens (including phenoxy) is 2. The zero-order valence-corrected chi connectivity index (χ0v) is 16.8. The number of hydrogen-bond donors (Lipinski definition) is 3. The van der Waals surface area contributed by atoms with Gasteiger partial charge in [0.05, 0.1) is 17.8 Å². The van der Waals surface area contributed by atoms with E-state index in [9.17, 15) is 18.0 Å². The smallest absolute Gasteiger partial charge is 0.405 e. The predicted octanol–water partition coefficient (Wildman–Crippen LogP) is 1.40. The number of amidine groups is 1. The van der Waals surface area contributed by atoms with Gasteiger partial charge in [-0.2, -0.15) is 13.2 Å². The number of anilines is 1. The molecule has 0 fully saturated rings. The highest BCUT2D eigenvalue weighted by molar-refractivity contribution is 6.01. The third-order valence-corrected chi connectivity index (χ3v) is 4.76. The number of hydrogen-bond acceptors (Lipinski definition) is 7. The SMILES string of the molecule is CN=C1C=C(Nc2cccc3c2OCCO3)NC2=C(C(=O)NCC(F)(F)F)CN(C)N12. The molecule has 4 rings (SSSR count). The number of nitrogens with zero attached hydrogens (tertiary/aromatic N) is 3. The minimum atomic E-state index is -4.50. The Bertz CT molecular complexity index is 989. The number of amides is 1. The Morgan fingerprint density at radius 2 is 2.06 bits per heavy atom. The van der Waals surface area contributed by atoms with Crippen molar-refractivity contribution < 1.29 is 27.4 Å². The summed E-state index contributed by atoms with van der Waals surface area (Å²) in [6, 6.07) is 5.40. The normalized spacial score (nSPS) is 19.7. The summed E-state index contributed by atoms with van der Waals surface area (Å²) >= 11 is 0. The van der Waals surface area contributed by atoms with E-state index in [4.69, 9.17) is 9.47 Å². The molecule has 166 valence electrons. The van der Waals surface area contributed by atoms with Gasteiger partial charge in [0.25, 0.3) is 5.91 Å². The van der Waals surface area contributed by atoms with E-state index in [2.05, 4.69) is 15.6 Å². The number of fused-ring (bicyclic) bond motifs is 2. The van der Waals surface area contributed by atoms with Gasteiger partial charge < -0.3 is 25.4 Å². The van der Waals surface area contributed by atoms with Crippen LogP contribution in [0.3, 0.4) is 0 Å². The lowest BCUT2D eigenvalue weighted by Gasteiger charge is -2.33. The van der Waals surface area contributed by atoms with Gasteiger partial charge in [-0.3, -0.25) is 9.79 Å². The topological polar surface area (TPSA) is 90.5 Å². The van der Waals surface area contributed by atoms with Crippen LogP contribution in [0.2, 0.25) is 0 Å². The van der Waals surface area contributed by atoms with Gasteiger partial charge in [0.1, 0.15) is 37.2 Å².